The van der Waals surface area contributed by atoms with Gasteiger partial charge in [-0.05, 0) is 0 Å². The second kappa shape index (κ2) is 3.59. The molecule has 0 aliphatic rings. The number of pyridine rings is 1. The van der Waals surface area contributed by atoms with E-state index in [1.54, 1.807) is 0 Å². The van der Waals surface area contributed by atoms with Gasteiger partial charge in [-0.2, -0.15) is 0 Å². The third-order valence-corrected chi connectivity index (χ3v) is 2.48. The van der Waals surface area contributed by atoms with Gasteiger partial charge in [-0.1, -0.05) is 0 Å². The van der Waals surface area contributed by atoms with Crippen molar-refractivity contribution >= 4 is 15.8 Å². The first-order chi connectivity index (χ1) is 6.73. The van der Waals surface area contributed by atoms with Gasteiger partial charge in [0.05, 0.1) is 0 Å². The van der Waals surface area contributed by atoms with E-state index in [1.807, 2.05) is 0 Å². The van der Waals surface area contributed by atoms with Gasteiger partial charge in [-0.3, -0.25) is 0 Å². The fraction of sp³-hybridized carbons (Fsp3) is 0.167. The molecule has 84 valence electrons. The largest absolute Gasteiger partial charge is 0.504 e. The van der Waals surface area contributed by atoms with Crippen LogP contribution < -0.4 is 10.9 Å². The molecule has 1 heterocycles. The number of halogens is 2. The highest BCUT2D eigenvalue weighted by molar-refractivity contribution is 7.89. The number of hydrogen-bond donors (Lipinski definition) is 3. The average molecular weight is 239 g/mol. The van der Waals surface area contributed by atoms with Crippen LogP contribution >= 0.6 is 0 Å². The lowest BCUT2D eigenvalue weighted by Gasteiger charge is -2.07. The monoisotopic (exact) mass is 239 g/mol. The number of anilines is 1. The van der Waals surface area contributed by atoms with Crippen LogP contribution in [-0.2, 0) is 10.0 Å². The maximum absolute atomic E-state index is 12.3. The highest BCUT2D eigenvalue weighted by Crippen LogP contribution is 2.29. The Kier molecular flexibility index (Phi) is 2.77. The number of nitrogens with zero attached hydrogens (tertiary/aromatic N) is 1. The second-order valence-corrected chi connectivity index (χ2v) is 4.15. The first-order valence-electron chi connectivity index (χ1n) is 3.54. The zero-order chi connectivity index (χ0) is 11.8. The molecule has 5 N–H and O–H groups in total. The van der Waals surface area contributed by atoms with E-state index >= 15 is 0 Å². The van der Waals surface area contributed by atoms with Crippen LogP contribution in [0.4, 0.5) is 14.6 Å². The van der Waals surface area contributed by atoms with Crippen molar-refractivity contribution in [1.82, 2.24) is 4.98 Å². The predicted molar refractivity (Wildman–Crippen MR) is 46.6 cm³/mol. The van der Waals surface area contributed by atoms with E-state index in [9.17, 15) is 17.2 Å². The summed E-state index contributed by atoms with van der Waals surface area (Å²) in [6.45, 7) is 0. The molecule has 1 aromatic rings. The molecule has 0 spiro atoms. The first-order valence-corrected chi connectivity index (χ1v) is 5.08. The van der Waals surface area contributed by atoms with E-state index < -0.39 is 38.6 Å². The molecule has 0 aliphatic heterocycles. The molecule has 0 saturated carbocycles. The molecule has 0 amide bonds. The SMILES string of the molecule is Nc1nc(C(F)F)c(S(N)(=O)=O)cc1O. The summed E-state index contributed by atoms with van der Waals surface area (Å²) in [5.74, 6) is -1.30. The molecule has 9 heteroatoms. The van der Waals surface area contributed by atoms with Crippen LogP contribution in [-0.4, -0.2) is 18.5 Å². The van der Waals surface area contributed by atoms with Gasteiger partial charge in [0.25, 0.3) is 6.43 Å². The van der Waals surface area contributed by atoms with Gasteiger partial charge in [0.2, 0.25) is 10.0 Å². The van der Waals surface area contributed by atoms with E-state index in [0.717, 1.165) is 0 Å². The van der Waals surface area contributed by atoms with Crippen LogP contribution in [0.1, 0.15) is 12.1 Å². The second-order valence-electron chi connectivity index (χ2n) is 2.62. The summed E-state index contributed by atoms with van der Waals surface area (Å²) in [7, 11) is -4.38. The molecule has 0 fully saturated rings. The molecule has 0 aliphatic carbocycles. The Morgan fingerprint density at radius 3 is 2.40 bits per heavy atom. The summed E-state index contributed by atoms with van der Waals surface area (Å²) in [4.78, 5) is 2.12. The van der Waals surface area contributed by atoms with Crippen molar-refractivity contribution in [3.8, 4) is 5.75 Å². The fourth-order valence-corrected chi connectivity index (χ4v) is 1.60. The topological polar surface area (TPSA) is 119 Å². The number of nitrogens with two attached hydrogens (primary N) is 2. The molecule has 0 saturated heterocycles. The molecule has 15 heavy (non-hydrogen) atoms. The van der Waals surface area contributed by atoms with Gasteiger partial charge in [0.1, 0.15) is 10.6 Å². The molecule has 1 rings (SSSR count). The van der Waals surface area contributed by atoms with Gasteiger partial charge in [0, 0.05) is 6.07 Å². The van der Waals surface area contributed by atoms with Crippen molar-refractivity contribution < 1.29 is 22.3 Å². The number of nitrogen functional groups attached to an aromatic ring is 1. The number of sulfonamides is 1. The quantitative estimate of drug-likeness (QED) is 0.668. The maximum atomic E-state index is 12.3. The third-order valence-electron chi connectivity index (χ3n) is 1.54. The molecule has 0 atom stereocenters. The predicted octanol–water partition coefficient (Wildman–Crippen LogP) is -0.0456. The smallest absolute Gasteiger partial charge is 0.281 e. The van der Waals surface area contributed by atoms with Gasteiger partial charge in [0.15, 0.2) is 11.6 Å². The average Bonchev–Trinajstić information content (AvgIpc) is 2.06. The lowest BCUT2D eigenvalue weighted by Crippen LogP contribution is -2.16. The Bertz CT molecular complexity index is 489. The zero-order valence-corrected chi connectivity index (χ0v) is 8.00. The van der Waals surface area contributed by atoms with E-state index in [1.165, 1.54) is 0 Å². The summed E-state index contributed by atoms with van der Waals surface area (Å²) >= 11 is 0. The van der Waals surface area contributed by atoms with Crippen LogP contribution in [0.3, 0.4) is 0 Å². The number of aromatic hydroxyl groups is 1. The molecule has 1 aromatic heterocycles. The third kappa shape index (κ3) is 2.30. The maximum Gasteiger partial charge on any atom is 0.281 e. The van der Waals surface area contributed by atoms with Crippen molar-refractivity contribution in [3.63, 3.8) is 0 Å². The Hall–Kier alpha value is -1.48. The summed E-state index contributed by atoms with van der Waals surface area (Å²) in [5, 5.41) is 13.7. The van der Waals surface area contributed by atoms with Crippen LogP contribution in [0.2, 0.25) is 0 Å². The van der Waals surface area contributed by atoms with Crippen LogP contribution in [0.5, 0.6) is 5.75 Å². The van der Waals surface area contributed by atoms with Crippen molar-refractivity contribution in [2.24, 2.45) is 5.14 Å². The number of alkyl halides is 2. The normalized spacial score (nSPS) is 12.0. The number of hydrogen-bond acceptors (Lipinski definition) is 5. The zero-order valence-electron chi connectivity index (χ0n) is 7.18. The van der Waals surface area contributed by atoms with Crippen LogP contribution in [0.25, 0.3) is 0 Å². The Balaban J connectivity index is 3.56. The van der Waals surface area contributed by atoms with Gasteiger partial charge < -0.3 is 10.8 Å². The van der Waals surface area contributed by atoms with Crippen molar-refractivity contribution in [2.45, 2.75) is 11.3 Å². The van der Waals surface area contributed by atoms with Gasteiger partial charge in [-0.25, -0.2) is 27.3 Å². The Morgan fingerprint density at radius 2 is 2.00 bits per heavy atom. The number of rotatable bonds is 2. The van der Waals surface area contributed by atoms with Crippen molar-refractivity contribution in [3.05, 3.63) is 11.8 Å². The fourth-order valence-electron chi connectivity index (χ4n) is 0.898. The molecule has 0 unspecified atom stereocenters. The number of primary sulfonamides is 1. The van der Waals surface area contributed by atoms with E-state index in [4.69, 9.17) is 10.8 Å². The minimum Gasteiger partial charge on any atom is -0.504 e. The summed E-state index contributed by atoms with van der Waals surface area (Å²) in [6.07, 6.45) is -3.15. The lowest BCUT2D eigenvalue weighted by atomic mass is 10.3. The molecular weight excluding hydrogens is 232 g/mol. The first kappa shape index (κ1) is 11.6. The highest BCUT2D eigenvalue weighted by atomic mass is 32.2. The Labute approximate surface area is 83.6 Å². The number of aromatic nitrogens is 1. The molecule has 0 bridgehead atoms. The Morgan fingerprint density at radius 1 is 1.47 bits per heavy atom. The van der Waals surface area contributed by atoms with Gasteiger partial charge >= 0.3 is 0 Å². The lowest BCUT2D eigenvalue weighted by molar-refractivity contribution is 0.142. The van der Waals surface area contributed by atoms with Gasteiger partial charge in [-0.15, -0.1) is 0 Å². The molecule has 6 nitrogen and oxygen atoms in total. The van der Waals surface area contributed by atoms with Crippen LogP contribution in [0.15, 0.2) is 11.0 Å². The summed E-state index contributed by atoms with van der Waals surface area (Å²) in [5.41, 5.74) is 3.96. The molecule has 0 radical (unpaired) electrons. The molecule has 0 aromatic carbocycles. The van der Waals surface area contributed by atoms with E-state index in [-0.39, 0.29) is 0 Å². The van der Waals surface area contributed by atoms with Crippen LogP contribution in [0, 0.1) is 0 Å². The van der Waals surface area contributed by atoms with E-state index in [2.05, 4.69) is 10.1 Å². The van der Waals surface area contributed by atoms with E-state index in [0.29, 0.717) is 6.07 Å². The summed E-state index contributed by atoms with van der Waals surface area (Å²) in [6, 6.07) is 0.541. The minimum atomic E-state index is -4.38. The van der Waals surface area contributed by atoms with Crippen molar-refractivity contribution in [2.75, 3.05) is 5.73 Å². The van der Waals surface area contributed by atoms with Crippen molar-refractivity contribution in [1.29, 1.82) is 0 Å². The molecular formula is C6H7F2N3O3S. The standard InChI is InChI=1S/C6H7F2N3O3S/c7-5(8)4-3(15(10,13)14)1-2(12)6(9)11-4/h1,5,12H,(H2,9,11)(H2,10,13,14). The minimum absolute atomic E-state index is 0.541. The highest BCUT2D eigenvalue weighted by Gasteiger charge is 2.24. The summed E-state index contributed by atoms with van der Waals surface area (Å²) < 4.78 is 46.4.